The second-order valence-corrected chi connectivity index (χ2v) is 7.35. The van der Waals surface area contributed by atoms with Crippen LogP contribution in [0.3, 0.4) is 0 Å². The van der Waals surface area contributed by atoms with E-state index in [4.69, 9.17) is 4.74 Å². The van der Waals surface area contributed by atoms with Crippen molar-refractivity contribution < 1.29 is 27.5 Å². The van der Waals surface area contributed by atoms with Gasteiger partial charge in [0.1, 0.15) is 5.75 Å². The van der Waals surface area contributed by atoms with Crippen molar-refractivity contribution >= 4 is 17.6 Å². The number of amides is 3. The van der Waals surface area contributed by atoms with Gasteiger partial charge >= 0.3 is 12.2 Å². The topological polar surface area (TPSA) is 85.2 Å². The summed E-state index contributed by atoms with van der Waals surface area (Å²) in [5.74, 6) is -0.335. The molecule has 0 unspecified atom stereocenters. The lowest BCUT2D eigenvalue weighted by Gasteiger charge is -2.10. The molecule has 0 spiro atoms. The van der Waals surface area contributed by atoms with Crippen molar-refractivity contribution in [3.8, 4) is 22.7 Å². The summed E-state index contributed by atoms with van der Waals surface area (Å²) < 4.78 is 46.3. The van der Waals surface area contributed by atoms with Crippen LogP contribution in [0.25, 0.3) is 16.9 Å². The van der Waals surface area contributed by atoms with E-state index in [9.17, 15) is 22.8 Å². The van der Waals surface area contributed by atoms with Crippen LogP contribution < -0.4 is 15.4 Å². The lowest BCUT2D eigenvalue weighted by Crippen LogP contribution is -2.34. The van der Waals surface area contributed by atoms with Crippen LogP contribution in [0.1, 0.15) is 16.1 Å². The average molecular weight is 480 g/mol. The molecule has 7 nitrogen and oxygen atoms in total. The Kier molecular flexibility index (Phi) is 6.54. The molecule has 0 bridgehead atoms. The number of ether oxygens (including phenoxy) is 1. The SMILES string of the molecule is COc1ccccc1C(=O)NC(=O)Nc1ccc(-c2cc(C(F)(F)F)nn2-c2ccccc2)cc1. The molecule has 1 aromatic heterocycles. The third kappa shape index (κ3) is 5.32. The number of urea groups is 1. The van der Waals surface area contributed by atoms with Crippen LogP contribution in [0.15, 0.2) is 84.9 Å². The fourth-order valence-corrected chi connectivity index (χ4v) is 3.38. The van der Waals surface area contributed by atoms with E-state index >= 15 is 0 Å². The Hall–Kier alpha value is -4.60. The van der Waals surface area contributed by atoms with Crippen molar-refractivity contribution in [2.45, 2.75) is 6.18 Å². The zero-order valence-electron chi connectivity index (χ0n) is 18.3. The summed E-state index contributed by atoms with van der Waals surface area (Å²) in [6.45, 7) is 0. The van der Waals surface area contributed by atoms with Gasteiger partial charge in [-0.25, -0.2) is 9.48 Å². The van der Waals surface area contributed by atoms with Crippen molar-refractivity contribution in [3.63, 3.8) is 0 Å². The quantitative estimate of drug-likeness (QED) is 0.394. The van der Waals surface area contributed by atoms with E-state index in [1.807, 2.05) is 0 Å². The minimum absolute atomic E-state index is 0.190. The standard InChI is InChI=1S/C25H19F3N4O3/c1-35-21-10-6-5-9-19(21)23(33)30-24(34)29-17-13-11-16(12-14-17)20-15-22(25(26,27)28)31-32(20)18-7-3-2-4-8-18/h2-15H,1H3,(H2,29,30,33,34). The van der Waals surface area contributed by atoms with E-state index in [1.165, 1.54) is 30.0 Å². The van der Waals surface area contributed by atoms with Crippen molar-refractivity contribution in [1.82, 2.24) is 15.1 Å². The number of alkyl halides is 3. The molecule has 0 saturated heterocycles. The lowest BCUT2D eigenvalue weighted by molar-refractivity contribution is -0.141. The molecule has 2 N–H and O–H groups in total. The minimum atomic E-state index is -4.61. The summed E-state index contributed by atoms with van der Waals surface area (Å²) in [5, 5.41) is 8.47. The molecule has 35 heavy (non-hydrogen) atoms. The van der Waals surface area contributed by atoms with E-state index in [1.54, 1.807) is 60.7 Å². The second kappa shape index (κ2) is 9.72. The molecule has 0 radical (unpaired) electrons. The highest BCUT2D eigenvalue weighted by atomic mass is 19.4. The third-order valence-electron chi connectivity index (χ3n) is 5.02. The van der Waals surface area contributed by atoms with E-state index in [0.29, 0.717) is 22.7 Å². The molecule has 4 rings (SSSR count). The smallest absolute Gasteiger partial charge is 0.435 e. The van der Waals surface area contributed by atoms with Crippen molar-refractivity contribution in [2.24, 2.45) is 0 Å². The molecule has 4 aromatic rings. The fourth-order valence-electron chi connectivity index (χ4n) is 3.38. The van der Waals surface area contributed by atoms with Crippen LogP contribution in [0.2, 0.25) is 0 Å². The van der Waals surface area contributed by atoms with Crippen LogP contribution in [0, 0.1) is 0 Å². The number of halogens is 3. The molecular formula is C25H19F3N4O3. The summed E-state index contributed by atoms with van der Waals surface area (Å²) in [6.07, 6.45) is -4.61. The van der Waals surface area contributed by atoms with Gasteiger partial charge in [-0.2, -0.15) is 18.3 Å². The zero-order chi connectivity index (χ0) is 25.0. The maximum atomic E-state index is 13.3. The van der Waals surface area contributed by atoms with Crippen LogP contribution in [0.4, 0.5) is 23.7 Å². The first-order valence-corrected chi connectivity index (χ1v) is 10.3. The number of hydrogen-bond acceptors (Lipinski definition) is 4. The van der Waals surface area contributed by atoms with Gasteiger partial charge in [-0.15, -0.1) is 0 Å². The number of benzene rings is 3. The van der Waals surface area contributed by atoms with Crippen molar-refractivity contribution in [1.29, 1.82) is 0 Å². The highest BCUT2D eigenvalue weighted by Crippen LogP contribution is 2.33. The van der Waals surface area contributed by atoms with E-state index in [-0.39, 0.29) is 11.3 Å². The Balaban J connectivity index is 1.53. The summed E-state index contributed by atoms with van der Waals surface area (Å²) >= 11 is 0. The number of imide groups is 1. The molecule has 0 atom stereocenters. The van der Waals surface area contributed by atoms with Gasteiger partial charge in [0.15, 0.2) is 5.69 Å². The number of nitrogens with one attached hydrogen (secondary N) is 2. The zero-order valence-corrected chi connectivity index (χ0v) is 18.3. The van der Waals surface area contributed by atoms with Crippen molar-refractivity contribution in [3.05, 3.63) is 96.2 Å². The molecular weight excluding hydrogens is 461 g/mol. The van der Waals surface area contributed by atoms with Gasteiger partial charge in [0.05, 0.1) is 24.1 Å². The van der Waals surface area contributed by atoms with Crippen LogP contribution in [0.5, 0.6) is 5.75 Å². The number of hydrogen-bond donors (Lipinski definition) is 2. The first kappa shape index (κ1) is 23.6. The maximum Gasteiger partial charge on any atom is 0.435 e. The predicted octanol–water partition coefficient (Wildman–Crippen LogP) is 5.53. The average Bonchev–Trinajstić information content (AvgIpc) is 3.31. The second-order valence-electron chi connectivity index (χ2n) is 7.35. The van der Waals surface area contributed by atoms with Gasteiger partial charge < -0.3 is 10.1 Å². The largest absolute Gasteiger partial charge is 0.496 e. The number of anilines is 1. The number of rotatable bonds is 5. The highest BCUT2D eigenvalue weighted by Gasteiger charge is 2.35. The number of methoxy groups -OCH3 is 1. The summed E-state index contributed by atoms with van der Waals surface area (Å²) in [4.78, 5) is 24.6. The number of aromatic nitrogens is 2. The van der Waals surface area contributed by atoms with Gasteiger partial charge in [0.2, 0.25) is 0 Å². The highest BCUT2D eigenvalue weighted by molar-refractivity contribution is 6.09. The van der Waals surface area contributed by atoms with Gasteiger partial charge in [-0.1, -0.05) is 42.5 Å². The number of para-hydroxylation sites is 2. The predicted molar refractivity (Wildman–Crippen MR) is 123 cm³/mol. The molecule has 0 aliphatic heterocycles. The molecule has 0 fully saturated rings. The Labute approximate surface area is 198 Å². The maximum absolute atomic E-state index is 13.3. The molecule has 0 aliphatic carbocycles. The first-order valence-electron chi connectivity index (χ1n) is 10.3. The van der Waals surface area contributed by atoms with Crippen LogP contribution in [-0.4, -0.2) is 28.8 Å². The molecule has 0 saturated carbocycles. The Morgan fingerprint density at radius 3 is 2.23 bits per heavy atom. The summed E-state index contributed by atoms with van der Waals surface area (Å²) in [7, 11) is 1.41. The Bertz CT molecular complexity index is 1350. The third-order valence-corrected chi connectivity index (χ3v) is 5.02. The normalized spacial score (nSPS) is 11.1. The van der Waals surface area contributed by atoms with Gasteiger partial charge in [-0.3, -0.25) is 10.1 Å². The monoisotopic (exact) mass is 480 g/mol. The van der Waals surface area contributed by atoms with Gasteiger partial charge in [-0.05, 0) is 42.5 Å². The Morgan fingerprint density at radius 2 is 1.57 bits per heavy atom. The molecule has 3 aromatic carbocycles. The fraction of sp³-hybridized carbons (Fsp3) is 0.0800. The van der Waals surface area contributed by atoms with E-state index < -0.39 is 23.8 Å². The minimum Gasteiger partial charge on any atom is -0.496 e. The number of carbonyl (C=O) groups is 2. The Morgan fingerprint density at radius 1 is 0.914 bits per heavy atom. The lowest BCUT2D eigenvalue weighted by atomic mass is 10.1. The van der Waals surface area contributed by atoms with Crippen LogP contribution >= 0.6 is 0 Å². The van der Waals surface area contributed by atoms with Crippen LogP contribution in [-0.2, 0) is 6.18 Å². The number of nitrogens with zero attached hydrogens (tertiary/aromatic N) is 2. The van der Waals surface area contributed by atoms with E-state index in [2.05, 4.69) is 15.7 Å². The molecule has 3 amide bonds. The summed E-state index contributed by atoms with van der Waals surface area (Å²) in [5.41, 5.74) is 0.650. The summed E-state index contributed by atoms with van der Waals surface area (Å²) in [6, 6.07) is 21.2. The molecule has 0 aliphatic rings. The van der Waals surface area contributed by atoms with E-state index in [0.717, 1.165) is 6.07 Å². The number of carbonyl (C=O) groups excluding carboxylic acids is 2. The first-order chi connectivity index (χ1) is 16.8. The molecule has 10 heteroatoms. The van der Waals surface area contributed by atoms with Crippen molar-refractivity contribution in [2.75, 3.05) is 12.4 Å². The van der Waals surface area contributed by atoms with Gasteiger partial charge in [0, 0.05) is 11.3 Å². The van der Waals surface area contributed by atoms with Gasteiger partial charge in [0.25, 0.3) is 5.91 Å². The molecule has 178 valence electrons. The molecule has 1 heterocycles.